The van der Waals surface area contributed by atoms with Gasteiger partial charge in [-0.2, -0.15) is 0 Å². The second-order valence-corrected chi connectivity index (χ2v) is 7.50. The summed E-state index contributed by atoms with van der Waals surface area (Å²) in [7, 11) is 0. The van der Waals surface area contributed by atoms with E-state index < -0.39 is 0 Å². The molecule has 3 rings (SSSR count). The van der Waals surface area contributed by atoms with Crippen molar-refractivity contribution in [2.75, 3.05) is 18.0 Å². The number of nitrogens with zero attached hydrogens (tertiary/aromatic N) is 2. The third-order valence-corrected chi connectivity index (χ3v) is 5.45. The van der Waals surface area contributed by atoms with E-state index in [9.17, 15) is 9.59 Å². The molecule has 0 bridgehead atoms. The van der Waals surface area contributed by atoms with Crippen molar-refractivity contribution in [2.45, 2.75) is 45.1 Å². The molecule has 4 nitrogen and oxygen atoms in total. The van der Waals surface area contributed by atoms with E-state index in [2.05, 4.69) is 6.92 Å². The van der Waals surface area contributed by atoms with Crippen LogP contribution in [0.3, 0.4) is 0 Å². The van der Waals surface area contributed by atoms with E-state index in [1.165, 1.54) is 6.42 Å². The van der Waals surface area contributed by atoms with Crippen molar-refractivity contribution in [2.24, 2.45) is 5.92 Å². The summed E-state index contributed by atoms with van der Waals surface area (Å²) in [6, 6.07) is 5.38. The molecule has 2 heterocycles. The van der Waals surface area contributed by atoms with Crippen molar-refractivity contribution in [1.82, 2.24) is 4.90 Å². The zero-order valence-corrected chi connectivity index (χ0v) is 15.3. The summed E-state index contributed by atoms with van der Waals surface area (Å²) in [4.78, 5) is 29.0. The van der Waals surface area contributed by atoms with Gasteiger partial charge in [0.2, 0.25) is 11.8 Å². The van der Waals surface area contributed by atoms with Crippen molar-refractivity contribution in [3.8, 4) is 0 Å². The number of likely N-dealkylation sites (tertiary alicyclic amines) is 1. The van der Waals surface area contributed by atoms with Crippen LogP contribution >= 0.6 is 23.2 Å². The molecule has 6 heteroatoms. The van der Waals surface area contributed by atoms with Crippen LogP contribution in [-0.4, -0.2) is 35.8 Å². The molecule has 0 radical (unpaired) electrons. The summed E-state index contributed by atoms with van der Waals surface area (Å²) in [5.74, 6) is -0.204. The third-order valence-electron chi connectivity index (χ3n) is 5.01. The number of halogens is 2. The Labute approximate surface area is 152 Å². The Bertz CT molecular complexity index is 630. The molecule has 2 fully saturated rings. The molecular formula is C18H22Cl2N2O2. The first-order valence-electron chi connectivity index (χ1n) is 8.56. The predicted molar refractivity (Wildman–Crippen MR) is 96.6 cm³/mol. The van der Waals surface area contributed by atoms with Crippen molar-refractivity contribution >= 4 is 40.7 Å². The van der Waals surface area contributed by atoms with E-state index in [0.29, 0.717) is 28.3 Å². The van der Waals surface area contributed by atoms with Crippen molar-refractivity contribution in [3.05, 3.63) is 28.2 Å². The number of amides is 2. The minimum absolute atomic E-state index is 0.0447. The Morgan fingerprint density at radius 1 is 1.21 bits per heavy atom. The molecule has 0 aromatic heterocycles. The lowest BCUT2D eigenvalue weighted by Crippen LogP contribution is -2.46. The molecule has 0 aliphatic carbocycles. The Balaban J connectivity index is 1.75. The molecule has 24 heavy (non-hydrogen) atoms. The van der Waals surface area contributed by atoms with Crippen molar-refractivity contribution < 1.29 is 9.59 Å². The lowest BCUT2D eigenvalue weighted by molar-refractivity contribution is -0.139. The van der Waals surface area contributed by atoms with Gasteiger partial charge in [-0.25, -0.2) is 0 Å². The van der Waals surface area contributed by atoms with E-state index in [4.69, 9.17) is 23.2 Å². The van der Waals surface area contributed by atoms with Gasteiger partial charge in [-0.1, -0.05) is 30.1 Å². The molecule has 1 aromatic rings. The standard InChI is InChI=1S/C18H22Cl2N2O2/c1-2-15-5-3-4-6-21(15)18(24)12-7-17(23)22(11-12)16-9-13(19)8-14(20)10-16/h8-10,12,15H,2-7,11H2,1H3. The van der Waals surface area contributed by atoms with Gasteiger partial charge in [0.05, 0.1) is 5.92 Å². The van der Waals surface area contributed by atoms with Gasteiger partial charge in [0.1, 0.15) is 0 Å². The van der Waals surface area contributed by atoms with E-state index in [1.54, 1.807) is 23.1 Å². The van der Waals surface area contributed by atoms with Gasteiger partial charge < -0.3 is 9.80 Å². The lowest BCUT2D eigenvalue weighted by Gasteiger charge is -2.36. The maximum Gasteiger partial charge on any atom is 0.228 e. The first-order chi connectivity index (χ1) is 11.5. The number of carbonyl (C=O) groups excluding carboxylic acids is 2. The van der Waals surface area contributed by atoms with E-state index in [-0.39, 0.29) is 24.2 Å². The fourth-order valence-corrected chi connectivity index (χ4v) is 4.28. The van der Waals surface area contributed by atoms with Gasteiger partial charge in [-0.3, -0.25) is 9.59 Å². The summed E-state index contributed by atoms with van der Waals surface area (Å²) >= 11 is 12.1. The highest BCUT2D eigenvalue weighted by molar-refractivity contribution is 6.35. The Kier molecular flexibility index (Phi) is 5.36. The normalized spacial score (nSPS) is 24.5. The number of anilines is 1. The number of benzene rings is 1. The molecule has 2 atom stereocenters. The van der Waals surface area contributed by atoms with Crippen LogP contribution in [-0.2, 0) is 9.59 Å². The van der Waals surface area contributed by atoms with Gasteiger partial charge in [-0.05, 0) is 43.9 Å². The second-order valence-electron chi connectivity index (χ2n) is 6.62. The van der Waals surface area contributed by atoms with E-state index >= 15 is 0 Å². The van der Waals surface area contributed by atoms with Crippen LogP contribution in [0, 0.1) is 5.92 Å². The Hall–Kier alpha value is -1.26. The van der Waals surface area contributed by atoms with Crippen LogP contribution in [0.2, 0.25) is 10.0 Å². The van der Waals surface area contributed by atoms with Gasteiger partial charge >= 0.3 is 0 Å². The molecule has 0 N–H and O–H groups in total. The average molecular weight is 369 g/mol. The lowest BCUT2D eigenvalue weighted by atomic mass is 9.97. The minimum atomic E-state index is -0.276. The zero-order valence-electron chi connectivity index (χ0n) is 13.8. The van der Waals surface area contributed by atoms with Crippen LogP contribution in [0.25, 0.3) is 0 Å². The monoisotopic (exact) mass is 368 g/mol. The predicted octanol–water partition coefficient (Wildman–Crippen LogP) is 4.14. The van der Waals surface area contributed by atoms with Crippen LogP contribution in [0.1, 0.15) is 39.0 Å². The molecule has 0 spiro atoms. The first kappa shape index (κ1) is 17.6. The van der Waals surface area contributed by atoms with E-state index in [0.717, 1.165) is 25.8 Å². The van der Waals surface area contributed by atoms with Gasteiger partial charge in [0.25, 0.3) is 0 Å². The van der Waals surface area contributed by atoms with Crippen LogP contribution in [0.15, 0.2) is 18.2 Å². The molecule has 0 saturated carbocycles. The maximum atomic E-state index is 12.9. The number of hydrogen-bond donors (Lipinski definition) is 0. The molecule has 2 aliphatic heterocycles. The van der Waals surface area contributed by atoms with Crippen LogP contribution in [0.4, 0.5) is 5.69 Å². The molecule has 2 saturated heterocycles. The van der Waals surface area contributed by atoms with Crippen molar-refractivity contribution in [1.29, 1.82) is 0 Å². The largest absolute Gasteiger partial charge is 0.339 e. The quantitative estimate of drug-likeness (QED) is 0.804. The highest BCUT2D eigenvalue weighted by Gasteiger charge is 2.39. The summed E-state index contributed by atoms with van der Waals surface area (Å²) in [6.07, 6.45) is 4.53. The van der Waals surface area contributed by atoms with Crippen LogP contribution < -0.4 is 4.90 Å². The zero-order chi connectivity index (χ0) is 17.3. The van der Waals surface area contributed by atoms with Gasteiger partial charge in [-0.15, -0.1) is 0 Å². The van der Waals surface area contributed by atoms with Crippen LogP contribution in [0.5, 0.6) is 0 Å². The summed E-state index contributed by atoms with van der Waals surface area (Å²) < 4.78 is 0. The third kappa shape index (κ3) is 3.55. The molecule has 130 valence electrons. The molecule has 2 amide bonds. The average Bonchev–Trinajstić information content (AvgIpc) is 2.95. The number of hydrogen-bond acceptors (Lipinski definition) is 2. The fourth-order valence-electron chi connectivity index (χ4n) is 3.77. The molecule has 2 aliphatic rings. The van der Waals surface area contributed by atoms with Gasteiger partial charge in [0, 0.05) is 41.3 Å². The first-order valence-corrected chi connectivity index (χ1v) is 9.32. The van der Waals surface area contributed by atoms with Crippen molar-refractivity contribution in [3.63, 3.8) is 0 Å². The topological polar surface area (TPSA) is 40.6 Å². The number of rotatable bonds is 3. The Morgan fingerprint density at radius 3 is 2.58 bits per heavy atom. The Morgan fingerprint density at radius 2 is 1.92 bits per heavy atom. The highest BCUT2D eigenvalue weighted by Crippen LogP contribution is 2.32. The molecular weight excluding hydrogens is 347 g/mol. The second kappa shape index (κ2) is 7.32. The SMILES string of the molecule is CCC1CCCCN1C(=O)C1CC(=O)N(c2cc(Cl)cc(Cl)c2)C1. The van der Waals surface area contributed by atoms with E-state index in [1.807, 2.05) is 4.90 Å². The molecule has 1 aromatic carbocycles. The maximum absolute atomic E-state index is 12.9. The summed E-state index contributed by atoms with van der Waals surface area (Å²) in [5, 5.41) is 0.976. The summed E-state index contributed by atoms with van der Waals surface area (Å²) in [5.41, 5.74) is 0.665. The fraction of sp³-hybridized carbons (Fsp3) is 0.556. The van der Waals surface area contributed by atoms with Gasteiger partial charge in [0.15, 0.2) is 0 Å². The smallest absolute Gasteiger partial charge is 0.228 e. The summed E-state index contributed by atoms with van der Waals surface area (Å²) in [6.45, 7) is 3.34. The minimum Gasteiger partial charge on any atom is -0.339 e. The number of carbonyl (C=O) groups is 2. The molecule has 2 unspecified atom stereocenters. The highest BCUT2D eigenvalue weighted by atomic mass is 35.5. The number of piperidine rings is 1.